The van der Waals surface area contributed by atoms with E-state index in [4.69, 9.17) is 4.52 Å². The van der Waals surface area contributed by atoms with Gasteiger partial charge in [-0.25, -0.2) is 0 Å². The number of hydrogen-bond acceptors (Lipinski definition) is 4. The molecule has 2 heterocycles. The molecule has 5 heteroatoms. The van der Waals surface area contributed by atoms with Gasteiger partial charge >= 0.3 is 0 Å². The maximum Gasteiger partial charge on any atom is 0.236 e. The molecular weight excluding hydrogens is 254 g/mol. The van der Waals surface area contributed by atoms with Crippen LogP contribution in [0.1, 0.15) is 42.7 Å². The quantitative estimate of drug-likeness (QED) is 0.847. The molecule has 20 heavy (non-hydrogen) atoms. The summed E-state index contributed by atoms with van der Waals surface area (Å²) in [6.45, 7) is 6.86. The van der Waals surface area contributed by atoms with Crippen molar-refractivity contribution in [2.24, 2.45) is 0 Å². The summed E-state index contributed by atoms with van der Waals surface area (Å²) in [5.74, 6) is 1.08. The van der Waals surface area contributed by atoms with Gasteiger partial charge in [0.25, 0.3) is 0 Å². The van der Waals surface area contributed by atoms with Crippen LogP contribution >= 0.6 is 0 Å². The Bertz CT molecular complexity index is 428. The number of likely N-dealkylation sites (tertiary alicyclic amines) is 1. The SMILES string of the molecule is Cc1noc(C)c1CN(C)CC(=O)N1CCCCCC1. The van der Waals surface area contributed by atoms with Gasteiger partial charge in [-0.1, -0.05) is 18.0 Å². The van der Waals surface area contributed by atoms with Crippen LogP contribution in [0.4, 0.5) is 0 Å². The van der Waals surface area contributed by atoms with E-state index in [9.17, 15) is 4.79 Å². The summed E-state index contributed by atoms with van der Waals surface area (Å²) in [6.07, 6.45) is 4.77. The molecule has 0 N–H and O–H groups in total. The van der Waals surface area contributed by atoms with Crippen LogP contribution in [0.5, 0.6) is 0 Å². The number of nitrogens with zero attached hydrogens (tertiary/aromatic N) is 3. The third-order valence-corrected chi connectivity index (χ3v) is 3.97. The monoisotopic (exact) mass is 279 g/mol. The summed E-state index contributed by atoms with van der Waals surface area (Å²) >= 11 is 0. The molecule has 1 amide bonds. The van der Waals surface area contributed by atoms with Gasteiger partial charge in [-0.15, -0.1) is 0 Å². The normalized spacial score (nSPS) is 16.5. The Balaban J connectivity index is 1.87. The molecule has 0 bridgehead atoms. The van der Waals surface area contributed by atoms with E-state index in [1.54, 1.807) is 0 Å². The minimum atomic E-state index is 0.237. The molecule has 0 spiro atoms. The maximum atomic E-state index is 12.3. The van der Waals surface area contributed by atoms with E-state index in [0.717, 1.165) is 42.9 Å². The first kappa shape index (κ1) is 15.0. The predicted octanol–water partition coefficient (Wildman–Crippen LogP) is 2.13. The first-order chi connectivity index (χ1) is 9.58. The molecule has 1 fully saturated rings. The highest BCUT2D eigenvalue weighted by Crippen LogP contribution is 2.15. The fourth-order valence-electron chi connectivity index (χ4n) is 2.70. The van der Waals surface area contributed by atoms with E-state index in [-0.39, 0.29) is 5.91 Å². The Kier molecular flexibility index (Phi) is 5.17. The van der Waals surface area contributed by atoms with E-state index >= 15 is 0 Å². The van der Waals surface area contributed by atoms with Gasteiger partial charge in [-0.2, -0.15) is 0 Å². The van der Waals surface area contributed by atoms with Crippen LogP contribution < -0.4 is 0 Å². The first-order valence-electron chi connectivity index (χ1n) is 7.46. The fraction of sp³-hybridized carbons (Fsp3) is 0.733. The molecule has 1 aromatic heterocycles. The van der Waals surface area contributed by atoms with Gasteiger partial charge in [0.2, 0.25) is 5.91 Å². The number of aryl methyl sites for hydroxylation is 2. The maximum absolute atomic E-state index is 12.3. The van der Waals surface area contributed by atoms with Gasteiger partial charge in [0.1, 0.15) is 5.76 Å². The Morgan fingerprint density at radius 3 is 2.45 bits per heavy atom. The van der Waals surface area contributed by atoms with Crippen molar-refractivity contribution in [2.45, 2.75) is 46.1 Å². The van der Waals surface area contributed by atoms with Gasteiger partial charge in [0.15, 0.2) is 0 Å². The van der Waals surface area contributed by atoms with E-state index in [0.29, 0.717) is 13.1 Å². The van der Waals surface area contributed by atoms with E-state index in [2.05, 4.69) is 5.16 Å². The van der Waals surface area contributed by atoms with E-state index < -0.39 is 0 Å². The highest BCUT2D eigenvalue weighted by Gasteiger charge is 2.18. The highest BCUT2D eigenvalue weighted by molar-refractivity contribution is 5.78. The third-order valence-electron chi connectivity index (χ3n) is 3.97. The minimum Gasteiger partial charge on any atom is -0.361 e. The second-order valence-electron chi connectivity index (χ2n) is 5.77. The summed E-state index contributed by atoms with van der Waals surface area (Å²) < 4.78 is 5.16. The topological polar surface area (TPSA) is 49.6 Å². The second kappa shape index (κ2) is 6.88. The molecule has 1 aromatic rings. The van der Waals surface area contributed by atoms with Crippen molar-refractivity contribution in [3.63, 3.8) is 0 Å². The van der Waals surface area contributed by atoms with Gasteiger partial charge in [0.05, 0.1) is 12.2 Å². The van der Waals surface area contributed by atoms with E-state index in [1.807, 2.05) is 30.7 Å². The molecule has 0 saturated carbocycles. The summed E-state index contributed by atoms with van der Waals surface area (Å²) in [5.41, 5.74) is 2.01. The van der Waals surface area contributed by atoms with Gasteiger partial charge in [-0.05, 0) is 33.7 Å². The van der Waals surface area contributed by atoms with Gasteiger partial charge < -0.3 is 9.42 Å². The van der Waals surface area contributed by atoms with Crippen LogP contribution in [0.15, 0.2) is 4.52 Å². The van der Waals surface area contributed by atoms with Crippen LogP contribution in [-0.2, 0) is 11.3 Å². The number of hydrogen-bond donors (Lipinski definition) is 0. The first-order valence-corrected chi connectivity index (χ1v) is 7.46. The number of carbonyl (C=O) groups is 1. The lowest BCUT2D eigenvalue weighted by Crippen LogP contribution is -2.39. The summed E-state index contributed by atoms with van der Waals surface area (Å²) in [4.78, 5) is 16.4. The molecule has 2 rings (SSSR count). The van der Waals surface area contributed by atoms with Crippen molar-refractivity contribution in [1.29, 1.82) is 0 Å². The summed E-state index contributed by atoms with van der Waals surface area (Å²) in [6, 6.07) is 0. The van der Waals surface area contributed by atoms with Crippen LogP contribution in [0.25, 0.3) is 0 Å². The van der Waals surface area contributed by atoms with Crippen molar-refractivity contribution in [3.8, 4) is 0 Å². The molecule has 1 aliphatic rings. The average Bonchev–Trinajstić information content (AvgIpc) is 2.65. The molecule has 0 atom stereocenters. The van der Waals surface area contributed by atoms with E-state index in [1.165, 1.54) is 12.8 Å². The van der Waals surface area contributed by atoms with Crippen molar-refractivity contribution < 1.29 is 9.32 Å². The third kappa shape index (κ3) is 3.82. The fourth-order valence-corrected chi connectivity index (χ4v) is 2.70. The molecule has 112 valence electrons. The lowest BCUT2D eigenvalue weighted by atomic mass is 10.2. The molecule has 5 nitrogen and oxygen atoms in total. The summed E-state index contributed by atoms with van der Waals surface area (Å²) in [7, 11) is 1.97. The highest BCUT2D eigenvalue weighted by atomic mass is 16.5. The largest absolute Gasteiger partial charge is 0.361 e. The molecule has 0 unspecified atom stereocenters. The zero-order valence-electron chi connectivity index (χ0n) is 12.8. The number of carbonyl (C=O) groups excluding carboxylic acids is 1. The van der Waals surface area contributed by atoms with Gasteiger partial charge in [-0.3, -0.25) is 9.69 Å². The number of likely N-dealkylation sites (N-methyl/N-ethyl adjacent to an activating group) is 1. The van der Waals surface area contributed by atoms with Crippen molar-refractivity contribution in [1.82, 2.24) is 15.0 Å². The van der Waals surface area contributed by atoms with Crippen molar-refractivity contribution >= 4 is 5.91 Å². The van der Waals surface area contributed by atoms with Crippen LogP contribution in [0.3, 0.4) is 0 Å². The van der Waals surface area contributed by atoms with Crippen LogP contribution in [0, 0.1) is 13.8 Å². The van der Waals surface area contributed by atoms with Crippen LogP contribution in [0.2, 0.25) is 0 Å². The Hall–Kier alpha value is -1.36. The molecular formula is C15H25N3O2. The zero-order chi connectivity index (χ0) is 14.5. The smallest absolute Gasteiger partial charge is 0.236 e. The number of aromatic nitrogens is 1. The lowest BCUT2D eigenvalue weighted by molar-refractivity contribution is -0.132. The summed E-state index contributed by atoms with van der Waals surface area (Å²) in [5, 5.41) is 3.95. The molecule has 1 aliphatic heterocycles. The Labute approximate surface area is 120 Å². The lowest BCUT2D eigenvalue weighted by Gasteiger charge is -2.24. The molecule has 0 aromatic carbocycles. The molecule has 0 radical (unpaired) electrons. The number of amides is 1. The molecule has 0 aliphatic carbocycles. The standard InChI is InChI=1S/C15H25N3O2/c1-12-14(13(2)20-16-12)10-17(3)11-15(19)18-8-6-4-5-7-9-18/h4-11H2,1-3H3. The average molecular weight is 279 g/mol. The van der Waals surface area contributed by atoms with Crippen molar-refractivity contribution in [3.05, 3.63) is 17.0 Å². The predicted molar refractivity (Wildman–Crippen MR) is 77.4 cm³/mol. The number of rotatable bonds is 4. The Morgan fingerprint density at radius 1 is 1.25 bits per heavy atom. The zero-order valence-corrected chi connectivity index (χ0v) is 12.8. The minimum absolute atomic E-state index is 0.237. The second-order valence-corrected chi connectivity index (χ2v) is 5.77. The molecule has 1 saturated heterocycles. The van der Waals surface area contributed by atoms with Crippen molar-refractivity contribution in [2.75, 3.05) is 26.7 Å². The van der Waals surface area contributed by atoms with Crippen LogP contribution in [-0.4, -0.2) is 47.5 Å². The Morgan fingerprint density at radius 2 is 1.90 bits per heavy atom. The van der Waals surface area contributed by atoms with Gasteiger partial charge in [0, 0.05) is 25.2 Å².